The van der Waals surface area contributed by atoms with Crippen molar-refractivity contribution in [2.45, 2.75) is 26.8 Å². The van der Waals surface area contributed by atoms with Crippen molar-refractivity contribution in [1.29, 1.82) is 0 Å². The maximum atomic E-state index is 12.7. The molecular formula is C23H21ClN4O. The van der Waals surface area contributed by atoms with Gasteiger partial charge < -0.3 is 5.32 Å². The lowest BCUT2D eigenvalue weighted by atomic mass is 10.0. The summed E-state index contributed by atoms with van der Waals surface area (Å²) < 4.78 is 1.75. The molecule has 4 aromatic rings. The lowest BCUT2D eigenvalue weighted by Crippen LogP contribution is -2.23. The van der Waals surface area contributed by atoms with Gasteiger partial charge in [0.1, 0.15) is 5.56 Å². The van der Waals surface area contributed by atoms with E-state index in [2.05, 4.69) is 10.4 Å². The van der Waals surface area contributed by atoms with E-state index in [0.717, 1.165) is 34.5 Å². The van der Waals surface area contributed by atoms with Gasteiger partial charge in [-0.15, -0.1) is 0 Å². The molecule has 0 unspecified atom stereocenters. The number of benzene rings is 2. The van der Waals surface area contributed by atoms with Crippen molar-refractivity contribution in [2.24, 2.45) is 0 Å². The Bertz CT molecular complexity index is 1170. The van der Waals surface area contributed by atoms with Crippen LogP contribution in [0.2, 0.25) is 5.02 Å². The number of nitrogens with zero attached hydrogens (tertiary/aromatic N) is 3. The number of fused-ring (bicyclic) bond motifs is 1. The fourth-order valence-electron chi connectivity index (χ4n) is 3.41. The van der Waals surface area contributed by atoms with Crippen molar-refractivity contribution in [3.8, 4) is 0 Å². The van der Waals surface area contributed by atoms with E-state index in [1.165, 1.54) is 0 Å². The molecule has 4 rings (SSSR count). The summed E-state index contributed by atoms with van der Waals surface area (Å²) in [6.45, 7) is 4.44. The van der Waals surface area contributed by atoms with Crippen LogP contribution in [0, 0.1) is 13.8 Å². The third-order valence-corrected chi connectivity index (χ3v) is 5.30. The second kappa shape index (κ2) is 8.05. The number of aryl methyl sites for hydroxylation is 2. The van der Waals surface area contributed by atoms with Gasteiger partial charge in [-0.25, -0.2) is 9.50 Å². The Morgan fingerprint density at radius 1 is 1.03 bits per heavy atom. The molecule has 2 aromatic heterocycles. The Hall–Kier alpha value is -3.18. The van der Waals surface area contributed by atoms with Crippen LogP contribution < -0.4 is 5.32 Å². The number of halogens is 1. The molecule has 0 aliphatic heterocycles. The van der Waals surface area contributed by atoms with E-state index in [4.69, 9.17) is 16.6 Å². The van der Waals surface area contributed by atoms with Gasteiger partial charge in [-0.05, 0) is 42.7 Å². The summed E-state index contributed by atoms with van der Waals surface area (Å²) in [5.74, 6) is -0.180. The van der Waals surface area contributed by atoms with Gasteiger partial charge in [-0.2, -0.15) is 5.10 Å². The Labute approximate surface area is 174 Å². The summed E-state index contributed by atoms with van der Waals surface area (Å²) in [4.78, 5) is 17.4. The molecule has 5 nitrogen and oxygen atoms in total. The molecule has 29 heavy (non-hydrogen) atoms. The first-order valence-corrected chi connectivity index (χ1v) is 9.81. The number of amides is 1. The largest absolute Gasteiger partial charge is 0.348 e. The van der Waals surface area contributed by atoms with Crippen LogP contribution >= 0.6 is 11.6 Å². The van der Waals surface area contributed by atoms with Gasteiger partial charge in [0.15, 0.2) is 5.65 Å². The standard InChI is InChI=1S/C23H21ClN4O/c1-15-20(12-17-8-10-19(24)11-9-17)16(2)28-22(27-15)21(14-26-28)23(29)25-13-18-6-4-3-5-7-18/h3-11,14H,12-13H2,1-2H3,(H,25,29). The minimum atomic E-state index is -0.180. The molecule has 6 heteroatoms. The summed E-state index contributed by atoms with van der Waals surface area (Å²) >= 11 is 5.99. The van der Waals surface area contributed by atoms with Crippen LogP contribution in [0.15, 0.2) is 60.8 Å². The fourth-order valence-corrected chi connectivity index (χ4v) is 3.53. The third-order valence-electron chi connectivity index (χ3n) is 5.04. The first-order valence-electron chi connectivity index (χ1n) is 9.43. The minimum Gasteiger partial charge on any atom is -0.348 e. The first-order chi connectivity index (χ1) is 14.0. The summed E-state index contributed by atoms with van der Waals surface area (Å²) in [5.41, 5.74) is 6.21. The molecule has 0 aliphatic carbocycles. The predicted octanol–water partition coefficient (Wildman–Crippen LogP) is 4.52. The van der Waals surface area contributed by atoms with Crippen molar-refractivity contribution in [2.75, 3.05) is 0 Å². The number of carbonyl (C=O) groups excluding carboxylic acids is 1. The van der Waals surface area contributed by atoms with Gasteiger partial charge in [0, 0.05) is 29.4 Å². The lowest BCUT2D eigenvalue weighted by Gasteiger charge is -2.12. The molecular weight excluding hydrogens is 384 g/mol. The highest BCUT2D eigenvalue weighted by Gasteiger charge is 2.18. The Morgan fingerprint density at radius 3 is 2.48 bits per heavy atom. The molecule has 1 N–H and O–H groups in total. The smallest absolute Gasteiger partial charge is 0.257 e. The molecule has 0 saturated carbocycles. The predicted molar refractivity (Wildman–Crippen MR) is 114 cm³/mol. The van der Waals surface area contributed by atoms with Crippen molar-refractivity contribution in [1.82, 2.24) is 19.9 Å². The van der Waals surface area contributed by atoms with E-state index in [0.29, 0.717) is 22.8 Å². The molecule has 0 spiro atoms. The van der Waals surface area contributed by atoms with E-state index < -0.39 is 0 Å². The zero-order chi connectivity index (χ0) is 20.4. The van der Waals surface area contributed by atoms with Gasteiger partial charge in [-0.3, -0.25) is 4.79 Å². The SMILES string of the molecule is Cc1nc2c(C(=O)NCc3ccccc3)cnn2c(C)c1Cc1ccc(Cl)cc1. The second-order valence-corrected chi connectivity index (χ2v) is 7.46. The molecule has 0 aliphatic rings. The summed E-state index contributed by atoms with van der Waals surface area (Å²) in [6, 6.07) is 17.6. The van der Waals surface area contributed by atoms with Gasteiger partial charge in [0.2, 0.25) is 0 Å². The number of nitrogens with one attached hydrogen (secondary N) is 1. The molecule has 0 saturated heterocycles. The van der Waals surface area contributed by atoms with Crippen molar-refractivity contribution in [3.05, 3.63) is 99.5 Å². The minimum absolute atomic E-state index is 0.180. The third kappa shape index (κ3) is 4.00. The number of rotatable bonds is 5. The van der Waals surface area contributed by atoms with Crippen LogP contribution in [0.25, 0.3) is 5.65 Å². The molecule has 1 amide bonds. The molecule has 2 aromatic carbocycles. The van der Waals surface area contributed by atoms with Crippen LogP contribution in [0.1, 0.15) is 38.4 Å². The summed E-state index contributed by atoms with van der Waals surface area (Å²) in [5, 5.41) is 8.09. The molecule has 0 atom stereocenters. The number of aromatic nitrogens is 3. The quantitative estimate of drug-likeness (QED) is 0.532. The second-order valence-electron chi connectivity index (χ2n) is 7.03. The van der Waals surface area contributed by atoms with Crippen LogP contribution in [-0.2, 0) is 13.0 Å². The first kappa shape index (κ1) is 19.2. The monoisotopic (exact) mass is 404 g/mol. The van der Waals surface area contributed by atoms with Crippen LogP contribution in [-0.4, -0.2) is 20.5 Å². The molecule has 0 radical (unpaired) electrons. The number of carbonyl (C=O) groups is 1. The highest BCUT2D eigenvalue weighted by Crippen LogP contribution is 2.21. The Balaban J connectivity index is 1.61. The number of hydrogen-bond donors (Lipinski definition) is 1. The maximum Gasteiger partial charge on any atom is 0.257 e. The normalized spacial score (nSPS) is 11.0. The van der Waals surface area contributed by atoms with Crippen LogP contribution in [0.4, 0.5) is 0 Å². The zero-order valence-electron chi connectivity index (χ0n) is 16.3. The average molecular weight is 405 g/mol. The molecule has 0 bridgehead atoms. The van der Waals surface area contributed by atoms with Crippen molar-refractivity contribution in [3.63, 3.8) is 0 Å². The highest BCUT2D eigenvalue weighted by atomic mass is 35.5. The van der Waals surface area contributed by atoms with Gasteiger partial charge in [0.05, 0.1) is 6.20 Å². The van der Waals surface area contributed by atoms with E-state index in [9.17, 15) is 4.79 Å². The average Bonchev–Trinajstić information content (AvgIpc) is 3.15. The highest BCUT2D eigenvalue weighted by molar-refractivity contribution is 6.30. The molecule has 146 valence electrons. The molecule has 0 fully saturated rings. The lowest BCUT2D eigenvalue weighted by molar-refractivity contribution is 0.0952. The van der Waals surface area contributed by atoms with Crippen LogP contribution in [0.3, 0.4) is 0 Å². The Kier molecular flexibility index (Phi) is 5.32. The van der Waals surface area contributed by atoms with Crippen molar-refractivity contribution < 1.29 is 4.79 Å². The van der Waals surface area contributed by atoms with Gasteiger partial charge in [-0.1, -0.05) is 54.1 Å². The summed E-state index contributed by atoms with van der Waals surface area (Å²) in [7, 11) is 0. The topological polar surface area (TPSA) is 59.3 Å². The van der Waals surface area contributed by atoms with Gasteiger partial charge in [0.25, 0.3) is 5.91 Å². The van der Waals surface area contributed by atoms with Crippen molar-refractivity contribution >= 4 is 23.2 Å². The van der Waals surface area contributed by atoms with E-state index in [-0.39, 0.29) is 5.91 Å². The van der Waals surface area contributed by atoms with E-state index in [1.54, 1.807) is 10.7 Å². The zero-order valence-corrected chi connectivity index (χ0v) is 17.1. The van der Waals surface area contributed by atoms with Crippen LogP contribution in [0.5, 0.6) is 0 Å². The fraction of sp³-hybridized carbons (Fsp3) is 0.174. The maximum absolute atomic E-state index is 12.7. The Morgan fingerprint density at radius 2 is 1.76 bits per heavy atom. The summed E-state index contributed by atoms with van der Waals surface area (Å²) in [6.07, 6.45) is 2.31. The van der Waals surface area contributed by atoms with Gasteiger partial charge >= 0.3 is 0 Å². The van der Waals surface area contributed by atoms with E-state index in [1.807, 2.05) is 68.4 Å². The molecule has 2 heterocycles. The number of hydrogen-bond acceptors (Lipinski definition) is 3. The van der Waals surface area contributed by atoms with E-state index >= 15 is 0 Å².